The van der Waals surface area contributed by atoms with Crippen molar-refractivity contribution in [1.29, 1.82) is 0 Å². The first-order valence-corrected chi connectivity index (χ1v) is 5.86. The molecule has 0 bridgehead atoms. The van der Waals surface area contributed by atoms with Crippen LogP contribution in [0.1, 0.15) is 5.56 Å². The average Bonchev–Trinajstić information content (AvgIpc) is 2.41. The summed E-state index contributed by atoms with van der Waals surface area (Å²) in [6, 6.07) is 0.965. The van der Waals surface area contributed by atoms with Crippen molar-refractivity contribution in [1.82, 2.24) is 9.55 Å². The van der Waals surface area contributed by atoms with Crippen molar-refractivity contribution in [3.05, 3.63) is 44.6 Å². The lowest BCUT2D eigenvalue weighted by molar-refractivity contribution is -0.348. The summed E-state index contributed by atoms with van der Waals surface area (Å²) in [5.74, 6) is 0. The Hall–Kier alpha value is -2.33. The van der Waals surface area contributed by atoms with Crippen LogP contribution < -0.4 is 11.2 Å². The lowest BCUT2D eigenvalue weighted by Gasteiger charge is -2.30. The molecule has 0 radical (unpaired) electrons. The van der Waals surface area contributed by atoms with Crippen molar-refractivity contribution in [2.45, 2.75) is 18.0 Å². The molecule has 1 aromatic heterocycles. The Balaban J connectivity index is 2.88. The molecule has 2 aromatic rings. The third-order valence-corrected chi connectivity index (χ3v) is 3.28. The van der Waals surface area contributed by atoms with Crippen LogP contribution >= 0.6 is 0 Å². The fourth-order valence-electron chi connectivity index (χ4n) is 2.00. The first kappa shape index (κ1) is 17.0. The van der Waals surface area contributed by atoms with E-state index in [1.54, 1.807) is 0 Å². The van der Waals surface area contributed by atoms with Crippen LogP contribution in [-0.2, 0) is 12.7 Å². The van der Waals surface area contributed by atoms with E-state index in [-0.39, 0.29) is 17.6 Å². The fourth-order valence-corrected chi connectivity index (χ4v) is 2.00. The Morgan fingerprint density at radius 3 is 1.96 bits per heavy atom. The molecular weight excluding hydrogens is 337 g/mol. The SMILES string of the molecule is Cn1c(=O)[nH]c2ccc(C(F)(C(F)(F)F)C(F)(F)F)cc2c1=O. The Morgan fingerprint density at radius 2 is 1.48 bits per heavy atom. The standard InChI is InChI=1S/C12H7F7N2O2/c1-21-8(22)6-4-5(2-3-7(6)20-9(21)23)10(13,11(14,15)16)12(17,18)19/h2-4H,1H3,(H,20,23). The Kier molecular flexibility index (Phi) is 3.58. The molecule has 11 heteroatoms. The number of benzene rings is 1. The second-order valence-electron chi connectivity index (χ2n) is 4.71. The van der Waals surface area contributed by atoms with E-state index in [0.717, 1.165) is 7.05 Å². The fraction of sp³-hybridized carbons (Fsp3) is 0.333. The lowest BCUT2D eigenvalue weighted by atomic mass is 9.93. The van der Waals surface area contributed by atoms with E-state index >= 15 is 0 Å². The van der Waals surface area contributed by atoms with E-state index in [9.17, 15) is 40.3 Å². The Morgan fingerprint density at radius 1 is 0.957 bits per heavy atom. The minimum atomic E-state index is -6.29. The number of alkyl halides is 7. The zero-order chi connectivity index (χ0) is 17.8. The highest BCUT2D eigenvalue weighted by Crippen LogP contribution is 2.53. The summed E-state index contributed by atoms with van der Waals surface area (Å²) < 4.78 is 90.5. The monoisotopic (exact) mass is 344 g/mol. The molecule has 0 unspecified atom stereocenters. The highest BCUT2D eigenvalue weighted by atomic mass is 19.4. The number of aromatic nitrogens is 2. The van der Waals surface area contributed by atoms with Gasteiger partial charge in [-0.15, -0.1) is 0 Å². The largest absolute Gasteiger partial charge is 0.435 e. The van der Waals surface area contributed by atoms with Gasteiger partial charge < -0.3 is 4.98 Å². The molecule has 1 N–H and O–H groups in total. The molecule has 4 nitrogen and oxygen atoms in total. The molecule has 0 fully saturated rings. The summed E-state index contributed by atoms with van der Waals surface area (Å²) in [5.41, 5.74) is -9.83. The Bertz CT molecular complexity index is 862. The molecule has 2 rings (SSSR count). The van der Waals surface area contributed by atoms with Crippen molar-refractivity contribution in [2.24, 2.45) is 7.05 Å². The normalized spacial score (nSPS) is 13.6. The van der Waals surface area contributed by atoms with Crippen molar-refractivity contribution in [3.8, 4) is 0 Å². The van der Waals surface area contributed by atoms with Gasteiger partial charge in [-0.1, -0.05) is 6.07 Å². The molecule has 0 spiro atoms. The molecule has 0 aliphatic carbocycles. The molecule has 1 heterocycles. The van der Waals surface area contributed by atoms with Crippen LogP contribution in [0.25, 0.3) is 10.9 Å². The highest BCUT2D eigenvalue weighted by molar-refractivity contribution is 5.78. The van der Waals surface area contributed by atoms with Crippen LogP contribution in [0.2, 0.25) is 0 Å². The van der Waals surface area contributed by atoms with E-state index in [1.807, 2.05) is 0 Å². The quantitative estimate of drug-likeness (QED) is 0.809. The number of hydrogen-bond acceptors (Lipinski definition) is 2. The van der Waals surface area contributed by atoms with E-state index in [4.69, 9.17) is 0 Å². The van der Waals surface area contributed by atoms with Gasteiger partial charge in [0, 0.05) is 12.6 Å². The summed E-state index contributed by atoms with van der Waals surface area (Å²) >= 11 is 0. The van der Waals surface area contributed by atoms with Gasteiger partial charge >= 0.3 is 23.7 Å². The van der Waals surface area contributed by atoms with Gasteiger partial charge in [0.2, 0.25) is 0 Å². The van der Waals surface area contributed by atoms with Crippen molar-refractivity contribution in [3.63, 3.8) is 0 Å². The van der Waals surface area contributed by atoms with Gasteiger partial charge in [-0.05, 0) is 12.1 Å². The van der Waals surface area contributed by atoms with Crippen LogP contribution in [-0.4, -0.2) is 21.9 Å². The van der Waals surface area contributed by atoms with Crippen molar-refractivity contribution in [2.75, 3.05) is 0 Å². The molecular formula is C12H7F7N2O2. The highest BCUT2D eigenvalue weighted by Gasteiger charge is 2.73. The van der Waals surface area contributed by atoms with E-state index in [0.29, 0.717) is 10.6 Å². The van der Waals surface area contributed by atoms with E-state index < -0.39 is 40.2 Å². The minimum absolute atomic E-state index is 0.134. The molecule has 0 saturated heterocycles. The number of fused-ring (bicyclic) bond motifs is 1. The molecule has 0 aliphatic rings. The van der Waals surface area contributed by atoms with Gasteiger partial charge in [-0.25, -0.2) is 9.18 Å². The van der Waals surface area contributed by atoms with Crippen LogP contribution in [0.5, 0.6) is 0 Å². The Labute approximate surface area is 122 Å². The zero-order valence-electron chi connectivity index (χ0n) is 11.1. The maximum atomic E-state index is 13.9. The number of aromatic amines is 1. The van der Waals surface area contributed by atoms with Gasteiger partial charge in [-0.3, -0.25) is 9.36 Å². The topological polar surface area (TPSA) is 54.9 Å². The van der Waals surface area contributed by atoms with E-state index in [1.165, 1.54) is 0 Å². The minimum Gasteiger partial charge on any atom is -0.307 e. The van der Waals surface area contributed by atoms with Crippen LogP contribution in [0, 0.1) is 0 Å². The number of nitrogens with zero attached hydrogens (tertiary/aromatic N) is 1. The van der Waals surface area contributed by atoms with Crippen LogP contribution in [0.3, 0.4) is 0 Å². The molecule has 0 amide bonds. The van der Waals surface area contributed by atoms with Gasteiger partial charge in [0.1, 0.15) is 0 Å². The first-order chi connectivity index (χ1) is 10.3. The summed E-state index contributed by atoms with van der Waals surface area (Å²) in [6.07, 6.45) is -12.6. The number of rotatable bonds is 1. The summed E-state index contributed by atoms with van der Waals surface area (Å²) in [4.78, 5) is 25.2. The van der Waals surface area contributed by atoms with Gasteiger partial charge in [0.05, 0.1) is 10.9 Å². The third-order valence-electron chi connectivity index (χ3n) is 3.28. The maximum absolute atomic E-state index is 13.9. The second kappa shape index (κ2) is 4.83. The molecule has 0 aliphatic heterocycles. The number of nitrogens with one attached hydrogen (secondary N) is 1. The molecule has 0 saturated carbocycles. The predicted octanol–water partition coefficient (Wildman–Crippen LogP) is 2.52. The van der Waals surface area contributed by atoms with Crippen molar-refractivity contribution < 1.29 is 30.7 Å². The first-order valence-electron chi connectivity index (χ1n) is 5.86. The molecule has 126 valence electrons. The number of H-pyrrole nitrogens is 1. The average molecular weight is 344 g/mol. The van der Waals surface area contributed by atoms with E-state index in [2.05, 4.69) is 4.98 Å². The number of hydrogen-bond donors (Lipinski definition) is 1. The summed E-state index contributed by atoms with van der Waals surface area (Å²) in [5, 5.41) is -0.680. The second-order valence-corrected chi connectivity index (χ2v) is 4.71. The smallest absolute Gasteiger partial charge is 0.307 e. The number of halogens is 7. The van der Waals surface area contributed by atoms with Gasteiger partial charge in [0.15, 0.2) is 0 Å². The molecule has 23 heavy (non-hydrogen) atoms. The summed E-state index contributed by atoms with van der Waals surface area (Å²) in [7, 11) is 0.962. The summed E-state index contributed by atoms with van der Waals surface area (Å²) in [6.45, 7) is 0. The van der Waals surface area contributed by atoms with Crippen LogP contribution in [0.4, 0.5) is 30.7 Å². The van der Waals surface area contributed by atoms with Crippen LogP contribution in [0.15, 0.2) is 27.8 Å². The van der Waals surface area contributed by atoms with Gasteiger partial charge in [0.25, 0.3) is 5.56 Å². The zero-order valence-corrected chi connectivity index (χ0v) is 11.1. The molecule has 0 atom stereocenters. The molecule has 1 aromatic carbocycles. The third kappa shape index (κ3) is 2.39. The predicted molar refractivity (Wildman–Crippen MR) is 64.7 cm³/mol. The van der Waals surface area contributed by atoms with Crippen molar-refractivity contribution >= 4 is 10.9 Å². The lowest BCUT2D eigenvalue weighted by Crippen LogP contribution is -2.50. The maximum Gasteiger partial charge on any atom is 0.435 e. The van der Waals surface area contributed by atoms with Gasteiger partial charge in [-0.2, -0.15) is 26.3 Å².